The summed E-state index contributed by atoms with van der Waals surface area (Å²) in [5.41, 5.74) is 3.13. The van der Waals surface area contributed by atoms with E-state index < -0.39 is 0 Å². The molecule has 0 saturated heterocycles. The van der Waals surface area contributed by atoms with Crippen LogP contribution in [0.1, 0.15) is 16.7 Å². The van der Waals surface area contributed by atoms with Crippen molar-refractivity contribution in [2.45, 2.75) is 20.3 Å². The van der Waals surface area contributed by atoms with Crippen molar-refractivity contribution in [1.82, 2.24) is 0 Å². The molecule has 0 fully saturated rings. The molecule has 0 saturated carbocycles. The van der Waals surface area contributed by atoms with Crippen LogP contribution in [0, 0.1) is 13.8 Å². The van der Waals surface area contributed by atoms with Gasteiger partial charge in [0.15, 0.2) is 6.61 Å². The lowest BCUT2D eigenvalue weighted by Gasteiger charge is -2.12. The van der Waals surface area contributed by atoms with Gasteiger partial charge >= 0.3 is 5.97 Å². The molecule has 0 aliphatic heterocycles. The summed E-state index contributed by atoms with van der Waals surface area (Å²) < 4.78 is 11.8. The third-order valence-electron chi connectivity index (χ3n) is 3.26. The minimum Gasteiger partial charge on any atom is -0.481 e. The van der Waals surface area contributed by atoms with Crippen molar-refractivity contribution in [3.8, 4) is 5.75 Å². The molecule has 0 bridgehead atoms. The van der Waals surface area contributed by atoms with Gasteiger partial charge in [0, 0.05) is 10.9 Å². The predicted molar refractivity (Wildman–Crippen MR) is 90.2 cm³/mol. The first-order valence-electron chi connectivity index (χ1n) is 7.15. The Morgan fingerprint density at radius 3 is 2.36 bits per heavy atom. The van der Waals surface area contributed by atoms with Gasteiger partial charge in [0.1, 0.15) is 5.75 Å². The molecule has 3 nitrogen and oxygen atoms in total. The normalized spacial score (nSPS) is 10.3. The Hall–Kier alpha value is -1.81. The number of hydrogen-bond donors (Lipinski definition) is 0. The first-order chi connectivity index (χ1) is 10.6. The quantitative estimate of drug-likeness (QED) is 0.721. The van der Waals surface area contributed by atoms with E-state index in [1.54, 1.807) is 0 Å². The van der Waals surface area contributed by atoms with E-state index in [0.29, 0.717) is 13.0 Å². The zero-order valence-corrected chi connectivity index (χ0v) is 14.4. The smallest absolute Gasteiger partial charge is 0.344 e. The summed E-state index contributed by atoms with van der Waals surface area (Å²) in [6.07, 6.45) is 0.711. The van der Waals surface area contributed by atoms with Gasteiger partial charge in [-0.3, -0.25) is 0 Å². The fourth-order valence-corrected chi connectivity index (χ4v) is 2.91. The Balaban J connectivity index is 1.79. The van der Waals surface area contributed by atoms with Gasteiger partial charge in [-0.1, -0.05) is 46.3 Å². The summed E-state index contributed by atoms with van der Waals surface area (Å²) in [7, 11) is 0. The van der Waals surface area contributed by atoms with Gasteiger partial charge in [-0.25, -0.2) is 4.79 Å². The summed E-state index contributed by atoms with van der Waals surface area (Å²) in [4.78, 5) is 11.7. The highest BCUT2D eigenvalue weighted by atomic mass is 79.9. The number of carbonyl (C=O) groups is 1. The Kier molecular flexibility index (Phi) is 6.01. The van der Waals surface area contributed by atoms with Crippen LogP contribution in [-0.4, -0.2) is 19.2 Å². The first kappa shape index (κ1) is 16.6. The molecular weight excluding hydrogens is 344 g/mol. The second-order valence-corrected chi connectivity index (χ2v) is 6.03. The SMILES string of the molecule is Cc1cc(Br)cc(C)c1OCC(=O)OCCc1ccccc1. The molecule has 0 unspecified atom stereocenters. The molecule has 0 heterocycles. The fourth-order valence-electron chi connectivity index (χ4n) is 2.23. The fraction of sp³-hybridized carbons (Fsp3) is 0.278. The summed E-state index contributed by atoms with van der Waals surface area (Å²) >= 11 is 3.44. The van der Waals surface area contributed by atoms with E-state index in [0.717, 1.165) is 26.9 Å². The third kappa shape index (κ3) is 4.88. The molecule has 4 heteroatoms. The zero-order chi connectivity index (χ0) is 15.9. The summed E-state index contributed by atoms with van der Waals surface area (Å²) in [6.45, 7) is 4.20. The van der Waals surface area contributed by atoms with E-state index in [1.165, 1.54) is 0 Å². The Labute approximate surface area is 139 Å². The molecule has 0 atom stereocenters. The highest BCUT2D eigenvalue weighted by molar-refractivity contribution is 9.10. The molecule has 0 aliphatic carbocycles. The van der Waals surface area contributed by atoms with Crippen molar-refractivity contribution in [1.29, 1.82) is 0 Å². The number of halogens is 1. The Morgan fingerprint density at radius 1 is 1.09 bits per heavy atom. The van der Waals surface area contributed by atoms with E-state index in [2.05, 4.69) is 15.9 Å². The second-order valence-electron chi connectivity index (χ2n) is 5.11. The number of esters is 1. The number of ether oxygens (including phenoxy) is 2. The lowest BCUT2D eigenvalue weighted by molar-refractivity contribution is -0.145. The Bertz CT molecular complexity index is 615. The van der Waals surface area contributed by atoms with Crippen LogP contribution in [0.5, 0.6) is 5.75 Å². The minimum atomic E-state index is -0.349. The van der Waals surface area contributed by atoms with Gasteiger partial charge in [-0.2, -0.15) is 0 Å². The van der Waals surface area contributed by atoms with Crippen LogP contribution in [0.2, 0.25) is 0 Å². The molecule has 22 heavy (non-hydrogen) atoms. The van der Waals surface area contributed by atoms with E-state index in [9.17, 15) is 4.79 Å². The lowest BCUT2D eigenvalue weighted by atomic mass is 10.1. The van der Waals surface area contributed by atoms with Gasteiger partial charge in [0.2, 0.25) is 0 Å². The van der Waals surface area contributed by atoms with Crippen molar-refractivity contribution in [3.63, 3.8) is 0 Å². The van der Waals surface area contributed by atoms with Crippen molar-refractivity contribution in [2.75, 3.05) is 13.2 Å². The number of rotatable bonds is 6. The standard InChI is InChI=1S/C18H19BrO3/c1-13-10-16(19)11-14(2)18(13)22-12-17(20)21-9-8-15-6-4-3-5-7-15/h3-7,10-11H,8-9,12H2,1-2H3. The second kappa shape index (κ2) is 7.99. The lowest BCUT2D eigenvalue weighted by Crippen LogP contribution is -2.17. The van der Waals surface area contributed by atoms with Crippen LogP contribution >= 0.6 is 15.9 Å². The number of carbonyl (C=O) groups excluding carboxylic acids is 1. The molecule has 2 aromatic carbocycles. The molecule has 0 aliphatic rings. The van der Waals surface area contributed by atoms with Gasteiger partial charge in [-0.15, -0.1) is 0 Å². The van der Waals surface area contributed by atoms with E-state index in [4.69, 9.17) is 9.47 Å². The predicted octanol–water partition coefficient (Wildman–Crippen LogP) is 4.23. The highest BCUT2D eigenvalue weighted by Gasteiger charge is 2.09. The molecule has 2 aromatic rings. The summed E-state index contributed by atoms with van der Waals surface area (Å²) in [6, 6.07) is 13.9. The first-order valence-corrected chi connectivity index (χ1v) is 7.94. The van der Waals surface area contributed by atoms with Crippen molar-refractivity contribution >= 4 is 21.9 Å². The number of aryl methyl sites for hydroxylation is 2. The minimum absolute atomic E-state index is 0.0713. The Morgan fingerprint density at radius 2 is 1.73 bits per heavy atom. The van der Waals surface area contributed by atoms with Gasteiger partial charge in [-0.05, 0) is 42.7 Å². The van der Waals surface area contributed by atoms with Crippen LogP contribution < -0.4 is 4.74 Å². The van der Waals surface area contributed by atoms with E-state index in [1.807, 2.05) is 56.3 Å². The van der Waals surface area contributed by atoms with Crippen LogP contribution in [0.15, 0.2) is 46.9 Å². The number of benzene rings is 2. The maximum absolute atomic E-state index is 11.7. The van der Waals surface area contributed by atoms with E-state index in [-0.39, 0.29) is 12.6 Å². The zero-order valence-electron chi connectivity index (χ0n) is 12.8. The topological polar surface area (TPSA) is 35.5 Å². The summed E-state index contributed by atoms with van der Waals surface area (Å²) in [5, 5.41) is 0. The van der Waals surface area contributed by atoms with Crippen LogP contribution in [-0.2, 0) is 16.0 Å². The molecule has 0 aromatic heterocycles. The molecular formula is C18H19BrO3. The van der Waals surface area contributed by atoms with Crippen LogP contribution in [0.4, 0.5) is 0 Å². The molecule has 0 N–H and O–H groups in total. The van der Waals surface area contributed by atoms with Crippen molar-refractivity contribution in [2.24, 2.45) is 0 Å². The molecule has 0 radical (unpaired) electrons. The van der Waals surface area contributed by atoms with Crippen molar-refractivity contribution in [3.05, 3.63) is 63.6 Å². The largest absolute Gasteiger partial charge is 0.481 e. The van der Waals surface area contributed by atoms with Crippen molar-refractivity contribution < 1.29 is 14.3 Å². The van der Waals surface area contributed by atoms with Crippen LogP contribution in [0.25, 0.3) is 0 Å². The van der Waals surface area contributed by atoms with Gasteiger partial charge in [0.05, 0.1) is 6.61 Å². The molecule has 2 rings (SSSR count). The average molecular weight is 363 g/mol. The highest BCUT2D eigenvalue weighted by Crippen LogP contribution is 2.27. The molecule has 0 amide bonds. The maximum Gasteiger partial charge on any atom is 0.344 e. The summed E-state index contributed by atoms with van der Waals surface area (Å²) in [5.74, 6) is 0.390. The van der Waals surface area contributed by atoms with Gasteiger partial charge in [0.25, 0.3) is 0 Å². The monoisotopic (exact) mass is 362 g/mol. The number of hydrogen-bond acceptors (Lipinski definition) is 3. The molecule has 0 spiro atoms. The van der Waals surface area contributed by atoms with Crippen LogP contribution in [0.3, 0.4) is 0 Å². The van der Waals surface area contributed by atoms with Gasteiger partial charge < -0.3 is 9.47 Å². The third-order valence-corrected chi connectivity index (χ3v) is 3.71. The maximum atomic E-state index is 11.7. The average Bonchev–Trinajstić information content (AvgIpc) is 2.47. The molecule has 116 valence electrons. The van der Waals surface area contributed by atoms with E-state index >= 15 is 0 Å².